The van der Waals surface area contributed by atoms with Gasteiger partial charge in [-0.2, -0.15) is 0 Å². The summed E-state index contributed by atoms with van der Waals surface area (Å²) in [6.07, 6.45) is 0. The average molecular weight is 293 g/mol. The summed E-state index contributed by atoms with van der Waals surface area (Å²) in [5, 5.41) is 4.05. The molecule has 1 rings (SSSR count). The standard InChI is InChI=1S/C11H15BrClNO/c1-2-15-6-5-14-8-9-7-10(13)3-4-11(9)12/h3-4,7,14H,2,5-6,8H2,1H3. The van der Waals surface area contributed by atoms with Crippen LogP contribution in [0.1, 0.15) is 12.5 Å². The monoisotopic (exact) mass is 291 g/mol. The van der Waals surface area contributed by atoms with E-state index in [1.807, 2.05) is 25.1 Å². The number of rotatable bonds is 6. The second-order valence-corrected chi connectivity index (χ2v) is 4.40. The molecule has 0 heterocycles. The van der Waals surface area contributed by atoms with Gasteiger partial charge in [-0.05, 0) is 30.7 Å². The van der Waals surface area contributed by atoms with Crippen LogP contribution in [0.15, 0.2) is 22.7 Å². The Kier molecular flexibility index (Phi) is 6.25. The van der Waals surface area contributed by atoms with Crippen LogP contribution in [0.3, 0.4) is 0 Å². The lowest BCUT2D eigenvalue weighted by Crippen LogP contribution is -2.19. The average Bonchev–Trinajstić information content (AvgIpc) is 2.23. The zero-order valence-corrected chi connectivity index (χ0v) is 11.1. The van der Waals surface area contributed by atoms with E-state index in [2.05, 4.69) is 21.2 Å². The molecule has 0 bridgehead atoms. The first-order valence-corrected chi connectivity index (χ1v) is 6.13. The van der Waals surface area contributed by atoms with Gasteiger partial charge in [-0.15, -0.1) is 0 Å². The maximum Gasteiger partial charge on any atom is 0.0590 e. The van der Waals surface area contributed by atoms with E-state index >= 15 is 0 Å². The molecule has 1 aromatic carbocycles. The number of ether oxygens (including phenoxy) is 1. The van der Waals surface area contributed by atoms with Gasteiger partial charge in [-0.25, -0.2) is 0 Å². The minimum absolute atomic E-state index is 0.745. The van der Waals surface area contributed by atoms with Crippen molar-refractivity contribution in [2.24, 2.45) is 0 Å². The van der Waals surface area contributed by atoms with Gasteiger partial charge in [-0.3, -0.25) is 0 Å². The van der Waals surface area contributed by atoms with Crippen molar-refractivity contribution in [3.63, 3.8) is 0 Å². The molecule has 84 valence electrons. The van der Waals surface area contributed by atoms with Crippen LogP contribution in [0, 0.1) is 0 Å². The fourth-order valence-electron chi connectivity index (χ4n) is 1.19. The molecule has 0 spiro atoms. The topological polar surface area (TPSA) is 21.3 Å². The first kappa shape index (κ1) is 13.0. The third kappa shape index (κ3) is 4.98. The predicted molar refractivity (Wildman–Crippen MR) is 67.4 cm³/mol. The molecule has 0 saturated carbocycles. The second-order valence-electron chi connectivity index (χ2n) is 3.11. The fourth-order valence-corrected chi connectivity index (χ4v) is 1.77. The summed E-state index contributed by atoms with van der Waals surface area (Å²) < 4.78 is 6.30. The Bertz CT molecular complexity index is 307. The van der Waals surface area contributed by atoms with Gasteiger partial charge in [0.05, 0.1) is 6.61 Å². The molecule has 0 atom stereocenters. The molecule has 4 heteroatoms. The molecule has 1 aromatic rings. The maximum atomic E-state index is 5.91. The van der Waals surface area contributed by atoms with Gasteiger partial charge < -0.3 is 10.1 Å². The highest BCUT2D eigenvalue weighted by atomic mass is 79.9. The highest BCUT2D eigenvalue weighted by molar-refractivity contribution is 9.10. The van der Waals surface area contributed by atoms with Crippen molar-refractivity contribution in [3.05, 3.63) is 33.3 Å². The van der Waals surface area contributed by atoms with Crippen molar-refractivity contribution >= 4 is 27.5 Å². The fraction of sp³-hybridized carbons (Fsp3) is 0.455. The van der Waals surface area contributed by atoms with Crippen LogP contribution in [0.5, 0.6) is 0 Å². The molecular weight excluding hydrogens is 277 g/mol. The van der Waals surface area contributed by atoms with Crippen LogP contribution < -0.4 is 5.32 Å². The van der Waals surface area contributed by atoms with Crippen LogP contribution in [0.25, 0.3) is 0 Å². The quantitative estimate of drug-likeness (QED) is 0.813. The third-order valence-electron chi connectivity index (χ3n) is 1.95. The minimum Gasteiger partial charge on any atom is -0.380 e. The van der Waals surface area contributed by atoms with Gasteiger partial charge in [0, 0.05) is 29.2 Å². The van der Waals surface area contributed by atoms with Crippen LogP contribution in [0.4, 0.5) is 0 Å². The predicted octanol–water partition coefficient (Wildman–Crippen LogP) is 3.23. The molecule has 2 nitrogen and oxygen atoms in total. The first-order valence-electron chi connectivity index (χ1n) is 4.96. The largest absolute Gasteiger partial charge is 0.380 e. The van der Waals surface area contributed by atoms with Crippen molar-refractivity contribution in [3.8, 4) is 0 Å². The van der Waals surface area contributed by atoms with Crippen molar-refractivity contribution in [2.75, 3.05) is 19.8 Å². The van der Waals surface area contributed by atoms with Gasteiger partial charge in [-0.1, -0.05) is 27.5 Å². The zero-order valence-electron chi connectivity index (χ0n) is 8.72. The summed E-state index contributed by atoms with van der Waals surface area (Å²) in [7, 11) is 0. The van der Waals surface area contributed by atoms with E-state index in [0.717, 1.165) is 35.8 Å². The van der Waals surface area contributed by atoms with E-state index in [1.54, 1.807) is 0 Å². The summed E-state index contributed by atoms with van der Waals surface area (Å²) >= 11 is 9.39. The van der Waals surface area contributed by atoms with Crippen molar-refractivity contribution in [2.45, 2.75) is 13.5 Å². The van der Waals surface area contributed by atoms with Crippen LogP contribution >= 0.6 is 27.5 Å². The lowest BCUT2D eigenvalue weighted by atomic mass is 10.2. The third-order valence-corrected chi connectivity index (χ3v) is 2.96. The molecule has 0 radical (unpaired) electrons. The number of nitrogens with one attached hydrogen (secondary N) is 1. The van der Waals surface area contributed by atoms with Crippen LogP contribution in [-0.2, 0) is 11.3 Å². The van der Waals surface area contributed by atoms with E-state index in [-0.39, 0.29) is 0 Å². The summed E-state index contributed by atoms with van der Waals surface area (Å²) in [4.78, 5) is 0. The van der Waals surface area contributed by atoms with Gasteiger partial charge in [0.1, 0.15) is 0 Å². The Morgan fingerprint density at radius 2 is 2.27 bits per heavy atom. The van der Waals surface area contributed by atoms with E-state index in [1.165, 1.54) is 5.56 Å². The first-order chi connectivity index (χ1) is 7.24. The molecule has 0 aromatic heterocycles. The number of halogens is 2. The minimum atomic E-state index is 0.745. The molecule has 0 amide bonds. The lowest BCUT2D eigenvalue weighted by Gasteiger charge is -2.07. The normalized spacial score (nSPS) is 10.6. The molecular formula is C11H15BrClNO. The Morgan fingerprint density at radius 3 is 3.00 bits per heavy atom. The summed E-state index contributed by atoms with van der Waals surface area (Å²) in [6, 6.07) is 5.79. The second kappa shape index (κ2) is 7.23. The smallest absolute Gasteiger partial charge is 0.0590 e. The van der Waals surface area contributed by atoms with Crippen LogP contribution in [0.2, 0.25) is 5.02 Å². The van der Waals surface area contributed by atoms with Crippen molar-refractivity contribution in [1.82, 2.24) is 5.32 Å². The van der Waals surface area contributed by atoms with Gasteiger partial charge >= 0.3 is 0 Å². The zero-order chi connectivity index (χ0) is 11.1. The Hall–Kier alpha value is -0.0900. The molecule has 0 unspecified atom stereocenters. The van der Waals surface area contributed by atoms with Gasteiger partial charge in [0.25, 0.3) is 0 Å². The molecule has 0 saturated heterocycles. The van der Waals surface area contributed by atoms with Gasteiger partial charge in [0.15, 0.2) is 0 Å². The Morgan fingerprint density at radius 1 is 1.47 bits per heavy atom. The summed E-state index contributed by atoms with van der Waals surface area (Å²) in [6.45, 7) is 5.16. The molecule has 1 N–H and O–H groups in total. The highest BCUT2D eigenvalue weighted by Crippen LogP contribution is 2.20. The number of hydrogen-bond acceptors (Lipinski definition) is 2. The summed E-state index contributed by atoms with van der Waals surface area (Å²) in [5.41, 5.74) is 1.17. The van der Waals surface area contributed by atoms with E-state index < -0.39 is 0 Å². The lowest BCUT2D eigenvalue weighted by molar-refractivity contribution is 0.149. The maximum absolute atomic E-state index is 5.91. The molecule has 0 fully saturated rings. The van der Waals surface area contributed by atoms with Crippen LogP contribution in [-0.4, -0.2) is 19.8 Å². The molecule has 15 heavy (non-hydrogen) atoms. The number of hydrogen-bond donors (Lipinski definition) is 1. The van der Waals surface area contributed by atoms with Crippen molar-refractivity contribution < 1.29 is 4.74 Å². The molecule has 0 aliphatic carbocycles. The highest BCUT2D eigenvalue weighted by Gasteiger charge is 1.99. The van der Waals surface area contributed by atoms with E-state index in [0.29, 0.717) is 0 Å². The Labute approximate surface area is 104 Å². The number of benzene rings is 1. The summed E-state index contributed by atoms with van der Waals surface area (Å²) in [5.74, 6) is 0. The SMILES string of the molecule is CCOCCNCc1cc(Cl)ccc1Br. The van der Waals surface area contributed by atoms with E-state index in [9.17, 15) is 0 Å². The Balaban J connectivity index is 2.33. The molecule has 0 aliphatic rings. The van der Waals surface area contributed by atoms with Gasteiger partial charge in [0.2, 0.25) is 0 Å². The van der Waals surface area contributed by atoms with Crippen molar-refractivity contribution in [1.29, 1.82) is 0 Å². The van der Waals surface area contributed by atoms with E-state index in [4.69, 9.17) is 16.3 Å². The molecule has 0 aliphatic heterocycles.